The van der Waals surface area contributed by atoms with E-state index >= 15 is 0 Å². The van der Waals surface area contributed by atoms with Gasteiger partial charge in [-0.05, 0) is 30.5 Å². The van der Waals surface area contributed by atoms with Gasteiger partial charge in [0.15, 0.2) is 0 Å². The van der Waals surface area contributed by atoms with Crippen LogP contribution in [0, 0.1) is 0 Å². The molecule has 78 valence electrons. The summed E-state index contributed by atoms with van der Waals surface area (Å²) in [5.74, 6) is 0.831. The molecule has 1 aromatic rings. The Labute approximate surface area is 92.7 Å². The molecule has 0 saturated heterocycles. The zero-order chi connectivity index (χ0) is 10.4. The Hall–Kier alpha value is -0.480. The van der Waals surface area contributed by atoms with E-state index in [1.54, 1.807) is 23.1 Å². The summed E-state index contributed by atoms with van der Waals surface area (Å²) in [6.45, 7) is 1.88. The van der Waals surface area contributed by atoms with E-state index in [4.69, 9.17) is 0 Å². The van der Waals surface area contributed by atoms with Gasteiger partial charge in [-0.15, -0.1) is 23.1 Å². The molecule has 2 nitrogen and oxygen atoms in total. The lowest BCUT2D eigenvalue weighted by Crippen LogP contribution is -2.15. The number of thioether (sulfide) groups is 1. The highest BCUT2D eigenvalue weighted by molar-refractivity contribution is 8.00. The van der Waals surface area contributed by atoms with Crippen LogP contribution in [0.2, 0.25) is 0 Å². The van der Waals surface area contributed by atoms with Gasteiger partial charge in [0.25, 0.3) is 0 Å². The molecule has 0 aromatic carbocycles. The lowest BCUT2D eigenvalue weighted by molar-refractivity contribution is -0.139. The molecule has 0 aliphatic heterocycles. The van der Waals surface area contributed by atoms with Gasteiger partial charge >= 0.3 is 5.97 Å². The number of aryl methyl sites for hydroxylation is 1. The van der Waals surface area contributed by atoms with Crippen LogP contribution in [0.25, 0.3) is 0 Å². The fraction of sp³-hybridized carbons (Fsp3) is 0.500. The molecule has 0 saturated carbocycles. The summed E-state index contributed by atoms with van der Waals surface area (Å²) in [4.78, 5) is 12.4. The molecule has 0 radical (unpaired) electrons. The van der Waals surface area contributed by atoms with Crippen molar-refractivity contribution in [1.82, 2.24) is 0 Å². The largest absolute Gasteiger partial charge is 0.468 e. The third-order valence-corrected chi connectivity index (χ3v) is 3.90. The highest BCUT2D eigenvalue weighted by atomic mass is 32.2. The second-order valence-corrected chi connectivity index (χ2v) is 5.35. The molecule has 0 bridgehead atoms. The molecule has 0 aliphatic carbocycles. The summed E-state index contributed by atoms with van der Waals surface area (Å²) >= 11 is 3.40. The first-order valence-electron chi connectivity index (χ1n) is 4.46. The van der Waals surface area contributed by atoms with Gasteiger partial charge in [0.1, 0.15) is 0 Å². The number of methoxy groups -OCH3 is 1. The van der Waals surface area contributed by atoms with Gasteiger partial charge in [0.2, 0.25) is 0 Å². The standard InChI is InChI=1S/C10H14O2S2/c1-8(10(11)12-2)13-7-5-9-4-3-6-14-9/h3-4,6,8H,5,7H2,1-2H3/t8-/m0/s1. The van der Waals surface area contributed by atoms with Crippen molar-refractivity contribution in [3.63, 3.8) is 0 Å². The van der Waals surface area contributed by atoms with E-state index in [0.717, 1.165) is 12.2 Å². The normalized spacial score (nSPS) is 12.4. The molecule has 1 aromatic heterocycles. The smallest absolute Gasteiger partial charge is 0.318 e. The molecule has 1 atom stereocenters. The first-order valence-corrected chi connectivity index (χ1v) is 6.38. The van der Waals surface area contributed by atoms with E-state index in [9.17, 15) is 4.79 Å². The summed E-state index contributed by atoms with van der Waals surface area (Å²) in [5, 5.41) is 2.02. The Morgan fingerprint density at radius 3 is 3.07 bits per heavy atom. The molecule has 4 heteroatoms. The van der Waals surface area contributed by atoms with Crippen LogP contribution in [0.5, 0.6) is 0 Å². The lowest BCUT2D eigenvalue weighted by Gasteiger charge is -2.07. The van der Waals surface area contributed by atoms with Crippen molar-refractivity contribution in [2.24, 2.45) is 0 Å². The van der Waals surface area contributed by atoms with E-state index in [2.05, 4.69) is 22.2 Å². The SMILES string of the molecule is COC(=O)[C@H](C)SCCc1cccs1. The third-order valence-electron chi connectivity index (χ3n) is 1.83. The molecule has 0 fully saturated rings. The second kappa shape index (κ2) is 6.09. The number of ether oxygens (including phenoxy) is 1. The average molecular weight is 230 g/mol. The first-order chi connectivity index (χ1) is 6.74. The molecule has 1 rings (SSSR count). The van der Waals surface area contributed by atoms with Crippen LogP contribution in [0.3, 0.4) is 0 Å². The number of rotatable bonds is 5. The molecule has 0 aliphatic rings. The Morgan fingerprint density at radius 1 is 1.71 bits per heavy atom. The predicted octanol–water partition coefficient (Wildman–Crippen LogP) is 2.59. The van der Waals surface area contributed by atoms with Gasteiger partial charge in [-0.2, -0.15) is 0 Å². The highest BCUT2D eigenvalue weighted by Crippen LogP contribution is 2.16. The minimum atomic E-state index is -0.138. The summed E-state index contributed by atoms with van der Waals surface area (Å²) in [7, 11) is 1.43. The predicted molar refractivity (Wildman–Crippen MR) is 62.0 cm³/mol. The van der Waals surface area contributed by atoms with E-state index < -0.39 is 0 Å². The van der Waals surface area contributed by atoms with Crippen molar-refractivity contribution >= 4 is 29.1 Å². The Morgan fingerprint density at radius 2 is 2.50 bits per heavy atom. The van der Waals surface area contributed by atoms with Crippen molar-refractivity contribution in [2.75, 3.05) is 12.9 Å². The molecule has 0 unspecified atom stereocenters. The fourth-order valence-electron chi connectivity index (χ4n) is 1.03. The van der Waals surface area contributed by atoms with Crippen LogP contribution >= 0.6 is 23.1 Å². The lowest BCUT2D eigenvalue weighted by atomic mass is 10.4. The maximum atomic E-state index is 11.1. The highest BCUT2D eigenvalue weighted by Gasteiger charge is 2.12. The van der Waals surface area contributed by atoms with Crippen molar-refractivity contribution < 1.29 is 9.53 Å². The van der Waals surface area contributed by atoms with Gasteiger partial charge in [0, 0.05) is 4.88 Å². The number of carbonyl (C=O) groups is 1. The monoisotopic (exact) mass is 230 g/mol. The molecular weight excluding hydrogens is 216 g/mol. The third kappa shape index (κ3) is 3.72. The van der Waals surface area contributed by atoms with Crippen molar-refractivity contribution in [3.05, 3.63) is 22.4 Å². The van der Waals surface area contributed by atoms with Crippen LogP contribution in [0.4, 0.5) is 0 Å². The second-order valence-electron chi connectivity index (χ2n) is 2.87. The summed E-state index contributed by atoms with van der Waals surface area (Å²) in [5.41, 5.74) is 0. The minimum absolute atomic E-state index is 0.0556. The van der Waals surface area contributed by atoms with Crippen molar-refractivity contribution in [2.45, 2.75) is 18.6 Å². The molecule has 0 N–H and O–H groups in total. The van der Waals surface area contributed by atoms with Crippen LogP contribution in [0.15, 0.2) is 17.5 Å². The quantitative estimate of drug-likeness (QED) is 0.727. The van der Waals surface area contributed by atoms with E-state index in [1.165, 1.54) is 12.0 Å². The van der Waals surface area contributed by atoms with Crippen LogP contribution < -0.4 is 0 Å². The zero-order valence-corrected chi connectivity index (χ0v) is 9.99. The van der Waals surface area contributed by atoms with Crippen LogP contribution in [0.1, 0.15) is 11.8 Å². The van der Waals surface area contributed by atoms with Gasteiger partial charge in [0.05, 0.1) is 12.4 Å². The summed E-state index contributed by atoms with van der Waals surface area (Å²) in [6.07, 6.45) is 1.03. The molecular formula is C10H14O2S2. The van der Waals surface area contributed by atoms with Crippen LogP contribution in [-0.2, 0) is 16.0 Å². The number of hydrogen-bond donors (Lipinski definition) is 0. The summed E-state index contributed by atoms with van der Waals surface area (Å²) in [6, 6.07) is 4.17. The van der Waals surface area contributed by atoms with E-state index in [1.807, 2.05) is 6.92 Å². The van der Waals surface area contributed by atoms with Crippen molar-refractivity contribution in [3.8, 4) is 0 Å². The van der Waals surface area contributed by atoms with E-state index in [0.29, 0.717) is 0 Å². The Balaban J connectivity index is 2.18. The number of esters is 1. The summed E-state index contributed by atoms with van der Waals surface area (Å²) < 4.78 is 4.64. The number of hydrogen-bond acceptors (Lipinski definition) is 4. The average Bonchev–Trinajstić information content (AvgIpc) is 2.69. The first kappa shape index (κ1) is 11.6. The topological polar surface area (TPSA) is 26.3 Å². The maximum absolute atomic E-state index is 11.1. The van der Waals surface area contributed by atoms with Gasteiger partial charge in [-0.25, -0.2) is 0 Å². The van der Waals surface area contributed by atoms with Gasteiger partial charge < -0.3 is 4.74 Å². The Kier molecular flexibility index (Phi) is 5.04. The minimum Gasteiger partial charge on any atom is -0.468 e. The molecule has 14 heavy (non-hydrogen) atoms. The molecule has 0 amide bonds. The van der Waals surface area contributed by atoms with Gasteiger partial charge in [-0.1, -0.05) is 6.07 Å². The molecule has 0 spiro atoms. The fourth-order valence-corrected chi connectivity index (χ4v) is 2.79. The molecule has 1 heterocycles. The van der Waals surface area contributed by atoms with Gasteiger partial charge in [-0.3, -0.25) is 4.79 Å². The number of carbonyl (C=O) groups excluding carboxylic acids is 1. The zero-order valence-electron chi connectivity index (χ0n) is 8.36. The van der Waals surface area contributed by atoms with Crippen molar-refractivity contribution in [1.29, 1.82) is 0 Å². The van der Waals surface area contributed by atoms with Crippen LogP contribution in [-0.4, -0.2) is 24.1 Å². The maximum Gasteiger partial charge on any atom is 0.318 e. The van der Waals surface area contributed by atoms with E-state index in [-0.39, 0.29) is 11.2 Å². The Bertz CT molecular complexity index is 270. The number of thiophene rings is 1.